The van der Waals surface area contributed by atoms with E-state index >= 15 is 0 Å². The Morgan fingerprint density at radius 1 is 1.06 bits per heavy atom. The van der Waals surface area contributed by atoms with Crippen LogP contribution >= 0.6 is 0 Å². The van der Waals surface area contributed by atoms with E-state index in [2.05, 4.69) is 47.2 Å². The fourth-order valence-corrected chi connectivity index (χ4v) is 5.80. The van der Waals surface area contributed by atoms with Gasteiger partial charge in [-0.05, 0) is 80.4 Å². The van der Waals surface area contributed by atoms with Crippen LogP contribution in [0.1, 0.15) is 61.6 Å². The third-order valence-electron chi connectivity index (χ3n) is 7.55. The maximum Gasteiger partial charge on any atom is 0.253 e. The zero-order valence-corrected chi connectivity index (χ0v) is 20.1. The van der Waals surface area contributed by atoms with Crippen LogP contribution in [-0.4, -0.2) is 46.0 Å². The topological polar surface area (TPSA) is 70.1 Å². The van der Waals surface area contributed by atoms with E-state index in [9.17, 15) is 9.59 Å². The van der Waals surface area contributed by atoms with Gasteiger partial charge in [0.05, 0.1) is 11.7 Å². The number of aryl methyl sites for hydroxylation is 2. The molecule has 1 atom stereocenters. The van der Waals surface area contributed by atoms with Crippen molar-refractivity contribution in [1.29, 1.82) is 0 Å². The summed E-state index contributed by atoms with van der Waals surface area (Å²) in [6, 6.07) is 8.92. The summed E-state index contributed by atoms with van der Waals surface area (Å²) >= 11 is 0. The molecule has 33 heavy (non-hydrogen) atoms. The van der Waals surface area contributed by atoms with E-state index in [-0.39, 0.29) is 17.5 Å². The fourth-order valence-electron chi connectivity index (χ4n) is 5.80. The van der Waals surface area contributed by atoms with E-state index in [1.165, 1.54) is 16.5 Å². The number of pyridine rings is 1. The van der Waals surface area contributed by atoms with Crippen molar-refractivity contribution in [3.8, 4) is 11.3 Å². The number of nitrogens with zero attached hydrogens (tertiary/aromatic N) is 2. The van der Waals surface area contributed by atoms with Crippen LogP contribution in [0, 0.1) is 6.92 Å². The van der Waals surface area contributed by atoms with Crippen LogP contribution in [0.3, 0.4) is 0 Å². The molecule has 0 aliphatic carbocycles. The largest absolute Gasteiger partial charge is 0.355 e. The van der Waals surface area contributed by atoms with Gasteiger partial charge >= 0.3 is 0 Å². The molecule has 1 aromatic carbocycles. The van der Waals surface area contributed by atoms with Gasteiger partial charge in [-0.2, -0.15) is 0 Å². The van der Waals surface area contributed by atoms with Crippen LogP contribution in [0.25, 0.3) is 22.2 Å². The van der Waals surface area contributed by atoms with Gasteiger partial charge in [-0.3, -0.25) is 14.5 Å². The molecule has 2 aliphatic rings. The summed E-state index contributed by atoms with van der Waals surface area (Å²) in [5.74, 6) is 1.07. The molecule has 0 radical (unpaired) electrons. The quantitative estimate of drug-likeness (QED) is 0.636. The van der Waals surface area contributed by atoms with Crippen LogP contribution in [0.4, 0.5) is 0 Å². The first-order valence-corrected chi connectivity index (χ1v) is 12.2. The van der Waals surface area contributed by atoms with Gasteiger partial charge in [0.15, 0.2) is 0 Å². The molecule has 174 valence electrons. The molecule has 0 bridgehead atoms. The summed E-state index contributed by atoms with van der Waals surface area (Å²) in [4.78, 5) is 30.3. The number of likely N-dealkylation sites (tertiary alicyclic amines) is 1. The van der Waals surface area contributed by atoms with Crippen molar-refractivity contribution in [2.24, 2.45) is 7.05 Å². The second kappa shape index (κ2) is 8.49. The summed E-state index contributed by atoms with van der Waals surface area (Å²) in [6.07, 6.45) is 5.04. The zero-order chi connectivity index (χ0) is 23.3. The van der Waals surface area contributed by atoms with E-state index in [1.807, 2.05) is 26.2 Å². The van der Waals surface area contributed by atoms with Gasteiger partial charge in [-0.25, -0.2) is 0 Å². The molecule has 0 spiro atoms. The monoisotopic (exact) mass is 446 g/mol. The summed E-state index contributed by atoms with van der Waals surface area (Å²) in [6.45, 7) is 9.12. The number of aromatic nitrogens is 2. The maximum atomic E-state index is 12.2. The van der Waals surface area contributed by atoms with E-state index in [0.29, 0.717) is 11.8 Å². The molecular weight excluding hydrogens is 412 g/mol. The molecule has 1 unspecified atom stereocenters. The van der Waals surface area contributed by atoms with Crippen LogP contribution in [0.2, 0.25) is 0 Å². The molecule has 5 rings (SSSR count). The highest BCUT2D eigenvalue weighted by Gasteiger charge is 2.33. The molecule has 2 aliphatic heterocycles. The highest BCUT2D eigenvalue weighted by Crippen LogP contribution is 2.38. The van der Waals surface area contributed by atoms with Gasteiger partial charge in [0, 0.05) is 41.8 Å². The molecule has 2 N–H and O–H groups in total. The second-order valence-corrected chi connectivity index (χ2v) is 10.1. The SMILES string of the molecule is Cc1cc(-c2[nH]c3ccc(C4CCN(C5CCNC5=O)CC4)cc3c2C(C)C)cn(C)c1=O. The number of aromatic amines is 1. The lowest BCUT2D eigenvalue weighted by Gasteiger charge is -2.35. The third-order valence-corrected chi connectivity index (χ3v) is 7.55. The molecule has 6 heteroatoms. The minimum Gasteiger partial charge on any atom is -0.355 e. The predicted molar refractivity (Wildman–Crippen MR) is 133 cm³/mol. The number of benzene rings is 1. The predicted octanol–water partition coefficient (Wildman–Crippen LogP) is 4.03. The number of rotatable bonds is 4. The smallest absolute Gasteiger partial charge is 0.253 e. The Morgan fingerprint density at radius 3 is 2.45 bits per heavy atom. The van der Waals surface area contributed by atoms with Crippen LogP contribution in [-0.2, 0) is 11.8 Å². The van der Waals surface area contributed by atoms with Crippen LogP contribution in [0.5, 0.6) is 0 Å². The Bertz CT molecular complexity index is 1230. The Kier molecular flexibility index (Phi) is 5.65. The van der Waals surface area contributed by atoms with Crippen molar-refractivity contribution in [2.45, 2.75) is 57.9 Å². The highest BCUT2D eigenvalue weighted by molar-refractivity contribution is 5.92. The first-order chi connectivity index (χ1) is 15.8. The first-order valence-electron chi connectivity index (χ1n) is 12.2. The molecule has 1 amide bonds. The van der Waals surface area contributed by atoms with Crippen molar-refractivity contribution >= 4 is 16.8 Å². The number of nitrogens with one attached hydrogen (secondary N) is 2. The van der Waals surface area contributed by atoms with Crippen molar-refractivity contribution in [2.75, 3.05) is 19.6 Å². The lowest BCUT2D eigenvalue weighted by atomic mass is 9.87. The normalized spacial score (nSPS) is 20.2. The highest BCUT2D eigenvalue weighted by atomic mass is 16.2. The van der Waals surface area contributed by atoms with Crippen molar-refractivity contribution in [3.63, 3.8) is 0 Å². The van der Waals surface area contributed by atoms with Crippen molar-refractivity contribution in [3.05, 3.63) is 57.5 Å². The average Bonchev–Trinajstić information content (AvgIpc) is 3.40. The summed E-state index contributed by atoms with van der Waals surface area (Å²) < 4.78 is 1.67. The Hall–Kier alpha value is -2.86. The van der Waals surface area contributed by atoms with E-state index in [1.54, 1.807) is 4.57 Å². The fraction of sp³-hybridized carbons (Fsp3) is 0.481. The Labute approximate surface area is 195 Å². The Balaban J connectivity index is 1.46. The van der Waals surface area contributed by atoms with Crippen LogP contribution in [0.15, 0.2) is 35.3 Å². The molecule has 2 saturated heterocycles. The lowest BCUT2D eigenvalue weighted by Crippen LogP contribution is -2.44. The minimum atomic E-state index is 0.0460. The third kappa shape index (κ3) is 3.90. The van der Waals surface area contributed by atoms with E-state index in [0.717, 1.165) is 61.2 Å². The van der Waals surface area contributed by atoms with Crippen LogP contribution < -0.4 is 10.9 Å². The number of piperidine rings is 1. The van der Waals surface area contributed by atoms with Gasteiger partial charge in [0.2, 0.25) is 5.91 Å². The summed E-state index contributed by atoms with van der Waals surface area (Å²) in [7, 11) is 1.82. The number of carbonyl (C=O) groups excluding carboxylic acids is 1. The number of carbonyl (C=O) groups is 1. The second-order valence-electron chi connectivity index (χ2n) is 10.1. The maximum absolute atomic E-state index is 12.2. The first kappa shape index (κ1) is 22.0. The molecule has 0 saturated carbocycles. The molecule has 3 aromatic rings. The lowest BCUT2D eigenvalue weighted by molar-refractivity contribution is -0.124. The number of hydrogen-bond donors (Lipinski definition) is 2. The number of fused-ring (bicyclic) bond motifs is 1. The van der Waals surface area contributed by atoms with Gasteiger partial charge < -0.3 is 14.9 Å². The van der Waals surface area contributed by atoms with Gasteiger partial charge in [0.25, 0.3) is 5.56 Å². The van der Waals surface area contributed by atoms with E-state index in [4.69, 9.17) is 0 Å². The van der Waals surface area contributed by atoms with Gasteiger partial charge in [-0.15, -0.1) is 0 Å². The standard InChI is InChI=1S/C27H34N4O2/c1-16(2)24-21-14-19(18-8-11-31(12-9-18)23-7-10-28-26(23)32)5-6-22(21)29-25(24)20-13-17(3)27(33)30(4)15-20/h5-6,13-16,18,23,29H,7-12H2,1-4H3,(H,28,32). The van der Waals surface area contributed by atoms with Gasteiger partial charge in [-0.1, -0.05) is 19.9 Å². The van der Waals surface area contributed by atoms with Crippen molar-refractivity contribution < 1.29 is 4.79 Å². The summed E-state index contributed by atoms with van der Waals surface area (Å²) in [5.41, 5.74) is 6.81. The molecule has 6 nitrogen and oxygen atoms in total. The molecular formula is C27H34N4O2. The molecule has 2 fully saturated rings. The average molecular weight is 447 g/mol. The van der Waals surface area contributed by atoms with Gasteiger partial charge in [0.1, 0.15) is 0 Å². The minimum absolute atomic E-state index is 0.0460. The Morgan fingerprint density at radius 2 is 1.82 bits per heavy atom. The van der Waals surface area contributed by atoms with E-state index < -0.39 is 0 Å². The number of H-pyrrole nitrogens is 1. The number of amides is 1. The number of hydrogen-bond acceptors (Lipinski definition) is 3. The molecule has 4 heterocycles. The van der Waals surface area contributed by atoms with Crippen molar-refractivity contribution in [1.82, 2.24) is 19.8 Å². The molecule has 2 aromatic heterocycles. The summed E-state index contributed by atoms with van der Waals surface area (Å²) in [5, 5.41) is 4.25. The zero-order valence-electron chi connectivity index (χ0n) is 20.1.